The number of halogens is 1. The van der Waals surface area contributed by atoms with Crippen LogP contribution in [0.15, 0.2) is 18.2 Å². The Labute approximate surface area is 68.6 Å². The summed E-state index contributed by atoms with van der Waals surface area (Å²) in [5, 5.41) is 8.59. The second-order valence-electron chi connectivity index (χ2n) is 2.33. The molecule has 0 aromatic heterocycles. The van der Waals surface area contributed by atoms with Gasteiger partial charge in [0.15, 0.2) is 0 Å². The lowest BCUT2D eigenvalue weighted by Crippen LogP contribution is -2.11. The zero-order valence-corrected chi connectivity index (χ0v) is 6.25. The average molecular weight is 169 g/mol. The molecule has 1 aromatic rings. The van der Waals surface area contributed by atoms with E-state index in [4.69, 9.17) is 10.8 Å². The van der Waals surface area contributed by atoms with Crippen molar-refractivity contribution < 1.29 is 14.3 Å². The molecule has 0 saturated heterocycles. The fourth-order valence-electron chi connectivity index (χ4n) is 0.829. The molecule has 4 heteroatoms. The van der Waals surface area contributed by atoms with Crippen molar-refractivity contribution in [2.45, 2.75) is 6.61 Å². The van der Waals surface area contributed by atoms with E-state index < -0.39 is 11.7 Å². The molecule has 3 nitrogen and oxygen atoms in total. The molecule has 0 atom stereocenters. The van der Waals surface area contributed by atoms with Gasteiger partial charge in [0.25, 0.3) is 0 Å². The molecular formula is C8H8FNO2. The summed E-state index contributed by atoms with van der Waals surface area (Å²) >= 11 is 0. The van der Waals surface area contributed by atoms with Crippen LogP contribution in [0, 0.1) is 5.82 Å². The average Bonchev–Trinajstić information content (AvgIpc) is 2.04. The molecule has 0 aliphatic rings. The Morgan fingerprint density at radius 2 is 2.25 bits per heavy atom. The highest BCUT2D eigenvalue weighted by Crippen LogP contribution is 2.09. The van der Waals surface area contributed by atoms with Crippen LogP contribution in [-0.2, 0) is 6.61 Å². The number of aliphatic hydroxyl groups is 1. The molecule has 0 aliphatic carbocycles. The molecule has 0 fully saturated rings. The van der Waals surface area contributed by atoms with Gasteiger partial charge in [0.05, 0.1) is 6.61 Å². The largest absolute Gasteiger partial charge is 0.392 e. The molecule has 1 aromatic carbocycles. The van der Waals surface area contributed by atoms with Gasteiger partial charge in [0.1, 0.15) is 5.82 Å². The van der Waals surface area contributed by atoms with Crippen molar-refractivity contribution in [3.05, 3.63) is 35.1 Å². The molecule has 0 heterocycles. The number of nitrogens with two attached hydrogens (primary N) is 1. The number of aliphatic hydroxyl groups excluding tert-OH is 1. The molecular weight excluding hydrogens is 161 g/mol. The lowest BCUT2D eigenvalue weighted by atomic mass is 10.1. The Morgan fingerprint density at radius 1 is 1.58 bits per heavy atom. The summed E-state index contributed by atoms with van der Waals surface area (Å²) in [5.41, 5.74) is 5.16. The molecule has 0 unspecified atom stereocenters. The van der Waals surface area contributed by atoms with Crippen LogP contribution in [0.3, 0.4) is 0 Å². The minimum absolute atomic E-state index is 0.102. The number of benzene rings is 1. The van der Waals surface area contributed by atoms with Crippen LogP contribution in [0.25, 0.3) is 0 Å². The summed E-state index contributed by atoms with van der Waals surface area (Å²) in [5.74, 6) is -1.30. The standard InChI is InChI=1S/C8H8FNO2/c9-7-3-5(8(10)12)1-2-6(7)4-11/h1-3,11H,4H2,(H2,10,12). The Morgan fingerprint density at radius 3 is 2.67 bits per heavy atom. The maximum absolute atomic E-state index is 12.8. The molecule has 3 N–H and O–H groups in total. The SMILES string of the molecule is NC(=O)c1ccc(CO)c(F)c1. The lowest BCUT2D eigenvalue weighted by molar-refractivity contribution is 0.0999. The Balaban J connectivity index is 3.10. The number of carbonyl (C=O) groups is 1. The van der Waals surface area contributed by atoms with Crippen molar-refractivity contribution in [2.75, 3.05) is 0 Å². The molecule has 0 spiro atoms. The Kier molecular flexibility index (Phi) is 2.40. The van der Waals surface area contributed by atoms with Crippen molar-refractivity contribution in [3.8, 4) is 0 Å². The minimum atomic E-state index is -0.682. The summed E-state index contributed by atoms with van der Waals surface area (Å²) in [6.07, 6.45) is 0. The smallest absolute Gasteiger partial charge is 0.248 e. The van der Waals surface area contributed by atoms with Crippen molar-refractivity contribution in [3.63, 3.8) is 0 Å². The van der Waals surface area contributed by atoms with Gasteiger partial charge in [-0.3, -0.25) is 4.79 Å². The first-order valence-corrected chi connectivity index (χ1v) is 3.34. The van der Waals surface area contributed by atoms with Gasteiger partial charge in [0, 0.05) is 11.1 Å². The summed E-state index contributed by atoms with van der Waals surface area (Å²) < 4.78 is 12.8. The van der Waals surface area contributed by atoms with Gasteiger partial charge in [-0.1, -0.05) is 6.07 Å². The Bertz CT molecular complexity index is 312. The third kappa shape index (κ3) is 1.60. The van der Waals surface area contributed by atoms with Crippen molar-refractivity contribution >= 4 is 5.91 Å². The third-order valence-corrected chi connectivity index (χ3v) is 1.51. The van der Waals surface area contributed by atoms with E-state index in [1.165, 1.54) is 12.1 Å². The van der Waals surface area contributed by atoms with Crippen molar-refractivity contribution in [1.29, 1.82) is 0 Å². The van der Waals surface area contributed by atoms with Crippen LogP contribution in [0.2, 0.25) is 0 Å². The van der Waals surface area contributed by atoms with Gasteiger partial charge in [-0.05, 0) is 12.1 Å². The molecule has 0 saturated carbocycles. The molecule has 0 aliphatic heterocycles. The van der Waals surface area contributed by atoms with Crippen LogP contribution >= 0.6 is 0 Å². The predicted molar refractivity (Wildman–Crippen MR) is 40.8 cm³/mol. The number of carbonyl (C=O) groups excluding carboxylic acids is 1. The van der Waals surface area contributed by atoms with E-state index in [0.717, 1.165) is 6.07 Å². The number of hydrogen-bond acceptors (Lipinski definition) is 2. The first-order valence-electron chi connectivity index (χ1n) is 3.34. The molecule has 0 radical (unpaired) electrons. The van der Waals surface area contributed by atoms with Crippen LogP contribution in [0.5, 0.6) is 0 Å². The Hall–Kier alpha value is -1.42. The minimum Gasteiger partial charge on any atom is -0.392 e. The number of rotatable bonds is 2. The summed E-state index contributed by atoms with van der Waals surface area (Å²) in [6.45, 7) is -0.384. The molecule has 12 heavy (non-hydrogen) atoms. The van der Waals surface area contributed by atoms with E-state index in [-0.39, 0.29) is 17.7 Å². The van der Waals surface area contributed by atoms with E-state index in [9.17, 15) is 9.18 Å². The van der Waals surface area contributed by atoms with Gasteiger partial charge in [-0.15, -0.1) is 0 Å². The normalized spacial score (nSPS) is 9.83. The maximum Gasteiger partial charge on any atom is 0.248 e. The van der Waals surface area contributed by atoms with E-state index in [1.54, 1.807) is 0 Å². The highest BCUT2D eigenvalue weighted by Gasteiger charge is 2.05. The topological polar surface area (TPSA) is 63.3 Å². The predicted octanol–water partition coefficient (Wildman–Crippen LogP) is 0.417. The van der Waals surface area contributed by atoms with Crippen LogP contribution in [0.4, 0.5) is 4.39 Å². The lowest BCUT2D eigenvalue weighted by Gasteiger charge is -1.99. The van der Waals surface area contributed by atoms with Crippen molar-refractivity contribution in [2.24, 2.45) is 5.73 Å². The fourth-order valence-corrected chi connectivity index (χ4v) is 0.829. The summed E-state index contributed by atoms with van der Waals surface area (Å²) in [7, 11) is 0. The number of hydrogen-bond donors (Lipinski definition) is 2. The monoisotopic (exact) mass is 169 g/mol. The second-order valence-corrected chi connectivity index (χ2v) is 2.33. The van der Waals surface area contributed by atoms with Gasteiger partial charge in [-0.25, -0.2) is 4.39 Å². The molecule has 1 rings (SSSR count). The highest BCUT2D eigenvalue weighted by atomic mass is 19.1. The third-order valence-electron chi connectivity index (χ3n) is 1.51. The fraction of sp³-hybridized carbons (Fsp3) is 0.125. The van der Waals surface area contributed by atoms with Crippen LogP contribution in [0.1, 0.15) is 15.9 Å². The highest BCUT2D eigenvalue weighted by molar-refractivity contribution is 5.92. The molecule has 64 valence electrons. The van der Waals surface area contributed by atoms with Gasteiger partial charge in [-0.2, -0.15) is 0 Å². The molecule has 1 amide bonds. The van der Waals surface area contributed by atoms with E-state index in [1.807, 2.05) is 0 Å². The van der Waals surface area contributed by atoms with E-state index in [2.05, 4.69) is 0 Å². The molecule has 0 bridgehead atoms. The van der Waals surface area contributed by atoms with Crippen LogP contribution in [-0.4, -0.2) is 11.0 Å². The van der Waals surface area contributed by atoms with E-state index >= 15 is 0 Å². The zero-order chi connectivity index (χ0) is 9.14. The first kappa shape index (κ1) is 8.67. The van der Waals surface area contributed by atoms with E-state index in [0.29, 0.717) is 0 Å². The second kappa shape index (κ2) is 3.32. The first-order chi connectivity index (χ1) is 5.65. The van der Waals surface area contributed by atoms with Crippen LogP contribution < -0.4 is 5.73 Å². The summed E-state index contributed by atoms with van der Waals surface area (Å²) in [4.78, 5) is 10.5. The summed E-state index contributed by atoms with van der Waals surface area (Å²) in [6, 6.07) is 3.71. The van der Waals surface area contributed by atoms with Gasteiger partial charge in [0.2, 0.25) is 5.91 Å². The van der Waals surface area contributed by atoms with Gasteiger partial charge >= 0.3 is 0 Å². The number of primary amides is 1. The number of amides is 1. The van der Waals surface area contributed by atoms with Gasteiger partial charge < -0.3 is 10.8 Å². The quantitative estimate of drug-likeness (QED) is 0.673. The van der Waals surface area contributed by atoms with Crippen molar-refractivity contribution in [1.82, 2.24) is 0 Å². The zero-order valence-electron chi connectivity index (χ0n) is 6.25. The maximum atomic E-state index is 12.8.